The first-order valence-electron chi connectivity index (χ1n) is 5.19. The van der Waals surface area contributed by atoms with Crippen molar-refractivity contribution in [1.29, 1.82) is 0 Å². The molecule has 13 heavy (non-hydrogen) atoms. The first kappa shape index (κ1) is 8.95. The zero-order chi connectivity index (χ0) is 9.31. The molecular weight excluding hydrogens is 162 g/mol. The Kier molecular flexibility index (Phi) is 2.24. The Labute approximate surface area is 79.4 Å². The van der Waals surface area contributed by atoms with Gasteiger partial charge in [0.25, 0.3) is 0 Å². The molecule has 1 saturated carbocycles. The summed E-state index contributed by atoms with van der Waals surface area (Å²) in [6.07, 6.45) is 8.23. The first-order chi connectivity index (χ1) is 6.27. The average Bonchev–Trinajstić information content (AvgIpc) is 2.18. The van der Waals surface area contributed by atoms with Crippen molar-refractivity contribution in [3.05, 3.63) is 12.2 Å². The van der Waals surface area contributed by atoms with Gasteiger partial charge in [0.1, 0.15) is 5.78 Å². The fraction of sp³-hybridized carbons (Fsp3) is 0.727. The highest BCUT2D eigenvalue weighted by molar-refractivity contribution is 5.80. The summed E-state index contributed by atoms with van der Waals surface area (Å²) in [4.78, 5) is 11.3. The van der Waals surface area contributed by atoms with Crippen molar-refractivity contribution < 1.29 is 4.79 Å². The number of hydrogen-bond acceptors (Lipinski definition) is 2. The zero-order valence-corrected chi connectivity index (χ0v) is 8.18. The molecule has 2 rings (SSSR count). The maximum absolute atomic E-state index is 11.3. The van der Waals surface area contributed by atoms with Crippen LogP contribution in [0.5, 0.6) is 0 Å². The van der Waals surface area contributed by atoms with Gasteiger partial charge in [0.2, 0.25) is 0 Å². The van der Waals surface area contributed by atoms with E-state index < -0.39 is 0 Å². The average molecular weight is 179 g/mol. The second-order valence-electron chi connectivity index (χ2n) is 4.19. The number of rotatable bonds is 1. The van der Waals surface area contributed by atoms with Crippen molar-refractivity contribution in [3.63, 3.8) is 0 Å². The van der Waals surface area contributed by atoms with E-state index in [0.29, 0.717) is 11.8 Å². The topological polar surface area (TPSA) is 29.1 Å². The van der Waals surface area contributed by atoms with Crippen LogP contribution in [0.4, 0.5) is 0 Å². The van der Waals surface area contributed by atoms with Gasteiger partial charge in [-0.15, -0.1) is 0 Å². The van der Waals surface area contributed by atoms with E-state index in [4.69, 9.17) is 0 Å². The normalized spacial score (nSPS) is 38.8. The summed E-state index contributed by atoms with van der Waals surface area (Å²) >= 11 is 0. The first-order valence-corrected chi connectivity index (χ1v) is 5.19. The molecular formula is C11H17NO. The van der Waals surface area contributed by atoms with Crippen molar-refractivity contribution in [1.82, 2.24) is 5.32 Å². The van der Waals surface area contributed by atoms with Crippen LogP contribution in [0.2, 0.25) is 0 Å². The van der Waals surface area contributed by atoms with E-state index in [1.807, 2.05) is 0 Å². The lowest BCUT2D eigenvalue weighted by Crippen LogP contribution is -2.50. The summed E-state index contributed by atoms with van der Waals surface area (Å²) < 4.78 is 0. The predicted molar refractivity (Wildman–Crippen MR) is 52.5 cm³/mol. The lowest BCUT2D eigenvalue weighted by molar-refractivity contribution is -0.123. The fourth-order valence-electron chi connectivity index (χ4n) is 2.60. The Morgan fingerprint density at radius 2 is 2.54 bits per heavy atom. The Morgan fingerprint density at radius 1 is 1.69 bits per heavy atom. The summed E-state index contributed by atoms with van der Waals surface area (Å²) in [5.74, 6) is 0.428. The number of hydrogen-bond donors (Lipinski definition) is 1. The predicted octanol–water partition coefficient (Wildman–Crippen LogP) is 1.66. The number of carbonyl (C=O) groups excluding carboxylic acids is 1. The summed E-state index contributed by atoms with van der Waals surface area (Å²) in [6.45, 7) is 3.15. The van der Waals surface area contributed by atoms with Crippen LogP contribution >= 0.6 is 0 Å². The van der Waals surface area contributed by atoms with Gasteiger partial charge in [-0.25, -0.2) is 0 Å². The van der Waals surface area contributed by atoms with Crippen molar-refractivity contribution in [3.8, 4) is 0 Å². The van der Waals surface area contributed by atoms with Crippen molar-refractivity contribution >= 4 is 5.78 Å². The zero-order valence-electron chi connectivity index (χ0n) is 8.18. The minimum Gasteiger partial charge on any atom is -0.309 e. The highest BCUT2D eigenvalue weighted by Gasteiger charge is 2.40. The van der Waals surface area contributed by atoms with E-state index in [1.165, 1.54) is 0 Å². The lowest BCUT2D eigenvalue weighted by atomic mass is 9.67. The van der Waals surface area contributed by atoms with Crippen LogP contribution in [0.25, 0.3) is 0 Å². The minimum absolute atomic E-state index is 0.284. The van der Waals surface area contributed by atoms with Gasteiger partial charge in [-0.3, -0.25) is 4.79 Å². The smallest absolute Gasteiger partial charge is 0.134 e. The molecule has 0 spiro atoms. The van der Waals surface area contributed by atoms with Crippen molar-refractivity contribution in [2.75, 3.05) is 6.54 Å². The summed E-state index contributed by atoms with van der Waals surface area (Å²) in [7, 11) is 0. The lowest BCUT2D eigenvalue weighted by Gasteiger charge is -2.43. The third kappa shape index (κ3) is 1.44. The largest absolute Gasteiger partial charge is 0.309 e. The molecule has 2 nitrogen and oxygen atoms in total. The number of ketones is 1. The molecule has 0 radical (unpaired) electrons. The number of Topliss-reactive ketones (excluding diaryl/α,β-unsaturated/α-hetero) is 1. The summed E-state index contributed by atoms with van der Waals surface area (Å²) in [6, 6.07) is 0.406. The van der Waals surface area contributed by atoms with Gasteiger partial charge in [0.05, 0.1) is 0 Å². The third-order valence-electron chi connectivity index (χ3n) is 3.59. The molecule has 1 N–H and O–H groups in total. The molecule has 0 aromatic rings. The molecule has 1 aliphatic carbocycles. The number of nitrogens with one attached hydrogen (secondary N) is 1. The SMILES string of the molecule is CC[C@]12C=CCN[C@H]1CC(=O)CC2. The molecule has 0 unspecified atom stereocenters. The molecule has 1 aliphatic heterocycles. The molecule has 2 atom stereocenters. The van der Waals surface area contributed by atoms with Gasteiger partial charge in [-0.2, -0.15) is 0 Å². The van der Waals surface area contributed by atoms with Crippen LogP contribution in [0.1, 0.15) is 32.6 Å². The third-order valence-corrected chi connectivity index (χ3v) is 3.59. The van der Waals surface area contributed by atoms with E-state index >= 15 is 0 Å². The Balaban J connectivity index is 2.22. The second kappa shape index (κ2) is 3.26. The quantitative estimate of drug-likeness (QED) is 0.620. The summed E-state index contributed by atoms with van der Waals surface area (Å²) in [5.41, 5.74) is 0.284. The fourth-order valence-corrected chi connectivity index (χ4v) is 2.60. The Hall–Kier alpha value is -0.630. The molecule has 72 valence electrons. The maximum atomic E-state index is 11.3. The standard InChI is InChI=1S/C11H17NO/c1-2-11-5-3-7-12-10(11)8-9(13)4-6-11/h3,5,10,12H,2,4,6-8H2,1H3/t10-,11+/m0/s1. The molecule has 2 aliphatic rings. The highest BCUT2D eigenvalue weighted by Crippen LogP contribution is 2.40. The van der Waals surface area contributed by atoms with Crippen molar-refractivity contribution in [2.24, 2.45) is 5.41 Å². The molecule has 0 bridgehead atoms. The minimum atomic E-state index is 0.284. The van der Waals surface area contributed by atoms with Gasteiger partial charge in [0.15, 0.2) is 0 Å². The van der Waals surface area contributed by atoms with Gasteiger partial charge < -0.3 is 5.32 Å². The van der Waals surface area contributed by atoms with E-state index in [1.54, 1.807) is 0 Å². The Bertz CT molecular complexity index is 246. The molecule has 2 heteroatoms. The van der Waals surface area contributed by atoms with Crippen LogP contribution in [-0.4, -0.2) is 18.4 Å². The van der Waals surface area contributed by atoms with Crippen LogP contribution in [0, 0.1) is 5.41 Å². The monoisotopic (exact) mass is 179 g/mol. The van der Waals surface area contributed by atoms with Gasteiger partial charge in [0, 0.05) is 30.8 Å². The van der Waals surface area contributed by atoms with E-state index in [0.717, 1.165) is 32.2 Å². The maximum Gasteiger partial charge on any atom is 0.134 e. The van der Waals surface area contributed by atoms with E-state index in [9.17, 15) is 4.79 Å². The number of fused-ring (bicyclic) bond motifs is 1. The molecule has 0 amide bonds. The molecule has 0 aromatic carbocycles. The van der Waals surface area contributed by atoms with Gasteiger partial charge in [-0.05, 0) is 12.8 Å². The van der Waals surface area contributed by atoms with Crippen molar-refractivity contribution in [2.45, 2.75) is 38.6 Å². The van der Waals surface area contributed by atoms with Crippen LogP contribution in [0.3, 0.4) is 0 Å². The second-order valence-corrected chi connectivity index (χ2v) is 4.19. The molecule has 0 saturated heterocycles. The van der Waals surface area contributed by atoms with E-state index in [-0.39, 0.29) is 5.41 Å². The molecule has 1 heterocycles. The van der Waals surface area contributed by atoms with E-state index in [2.05, 4.69) is 24.4 Å². The molecule has 1 fully saturated rings. The number of carbonyl (C=O) groups is 1. The van der Waals surface area contributed by atoms with Crippen LogP contribution < -0.4 is 5.32 Å². The van der Waals surface area contributed by atoms with Crippen LogP contribution in [-0.2, 0) is 4.79 Å². The summed E-state index contributed by atoms with van der Waals surface area (Å²) in [5, 5.41) is 3.44. The highest BCUT2D eigenvalue weighted by atomic mass is 16.1. The van der Waals surface area contributed by atoms with Gasteiger partial charge in [-0.1, -0.05) is 19.1 Å². The van der Waals surface area contributed by atoms with Crippen LogP contribution in [0.15, 0.2) is 12.2 Å². The Morgan fingerprint density at radius 3 is 3.31 bits per heavy atom. The van der Waals surface area contributed by atoms with Gasteiger partial charge >= 0.3 is 0 Å². The molecule has 0 aromatic heterocycles.